The Balaban J connectivity index is 3.05. The molecule has 4 nitrogen and oxygen atoms in total. The normalized spacial score (nSPS) is 11.1. The lowest BCUT2D eigenvalue weighted by Crippen LogP contribution is -2.34. The molecule has 0 bridgehead atoms. The smallest absolute Gasteiger partial charge is 0.201 e. The lowest BCUT2D eigenvalue weighted by Gasteiger charge is -1.86. The van der Waals surface area contributed by atoms with Crippen LogP contribution >= 0.6 is 0 Å². The van der Waals surface area contributed by atoms with E-state index in [1.165, 1.54) is 0 Å². The minimum absolute atomic E-state index is 1.06. The van der Waals surface area contributed by atoms with Gasteiger partial charge in [-0.25, -0.2) is 4.57 Å². The molecule has 4 heteroatoms. The van der Waals surface area contributed by atoms with Crippen molar-refractivity contribution in [3.05, 3.63) is 12.2 Å². The largest absolute Gasteiger partial charge is 0.234 e. The maximum Gasteiger partial charge on any atom is 0.234 e. The molecule has 0 N–H and O–H groups in total. The van der Waals surface area contributed by atoms with Crippen molar-refractivity contribution in [1.29, 1.82) is 0 Å². The molecule has 0 spiro atoms. The Bertz CT molecular complexity index is 248. The van der Waals surface area contributed by atoms with Crippen molar-refractivity contribution in [1.82, 2.24) is 9.78 Å². The molecule has 0 unspecified atom stereocenters. The fourth-order valence-electron chi connectivity index (χ4n) is 0.705. The second kappa shape index (κ2) is 2.60. The van der Waals surface area contributed by atoms with Gasteiger partial charge in [0.2, 0.25) is 12.2 Å². The number of nitrogens with zero attached hydrogens (tertiary/aromatic N) is 4. The van der Waals surface area contributed by atoms with E-state index in [1.807, 2.05) is 18.5 Å². The first-order valence-electron chi connectivity index (χ1n) is 3.07. The van der Waals surface area contributed by atoms with E-state index in [0.29, 0.717) is 0 Å². The first-order chi connectivity index (χ1) is 4.75. The van der Waals surface area contributed by atoms with Gasteiger partial charge in [-0.2, -0.15) is 9.67 Å². The third kappa shape index (κ3) is 1.05. The van der Waals surface area contributed by atoms with Crippen molar-refractivity contribution in [3.8, 4) is 0 Å². The van der Waals surface area contributed by atoms with E-state index in [-0.39, 0.29) is 0 Å². The summed E-state index contributed by atoms with van der Waals surface area (Å²) in [6.07, 6.45) is 3.45. The molecule has 0 aromatic carbocycles. The van der Waals surface area contributed by atoms with Gasteiger partial charge in [0.05, 0.1) is 14.1 Å². The van der Waals surface area contributed by atoms with Crippen LogP contribution in [0.25, 0.3) is 0 Å². The third-order valence-electron chi connectivity index (χ3n) is 1.43. The van der Waals surface area contributed by atoms with Gasteiger partial charge >= 0.3 is 0 Å². The predicted molar refractivity (Wildman–Crippen MR) is 38.0 cm³/mol. The standard InChI is InChI=1S/C6H11N4/c1-6-9(3)8-5-10(6)4-7-2/h4-5H,1-3H3/q+1. The van der Waals surface area contributed by atoms with Crippen LogP contribution in [-0.4, -0.2) is 23.2 Å². The minimum Gasteiger partial charge on any atom is -0.201 e. The number of aliphatic imine (C=N–C) groups is 1. The molecule has 0 aliphatic rings. The fraction of sp³-hybridized carbons (Fsp3) is 0.500. The maximum atomic E-state index is 4.02. The highest BCUT2D eigenvalue weighted by Crippen LogP contribution is 1.79. The van der Waals surface area contributed by atoms with Crippen molar-refractivity contribution in [2.45, 2.75) is 6.92 Å². The number of rotatable bonds is 1. The highest BCUT2D eigenvalue weighted by atomic mass is 15.4. The monoisotopic (exact) mass is 139 g/mol. The summed E-state index contributed by atoms with van der Waals surface area (Å²) >= 11 is 0. The summed E-state index contributed by atoms with van der Waals surface area (Å²) in [7, 11) is 3.63. The van der Waals surface area contributed by atoms with E-state index in [0.717, 1.165) is 5.82 Å². The summed E-state index contributed by atoms with van der Waals surface area (Å²) in [4.78, 5) is 3.86. The highest BCUT2D eigenvalue weighted by molar-refractivity contribution is 5.42. The Hall–Kier alpha value is -1.19. The predicted octanol–water partition coefficient (Wildman–Crippen LogP) is -0.478. The molecule has 1 rings (SSSR count). The van der Waals surface area contributed by atoms with Crippen LogP contribution in [0, 0.1) is 6.92 Å². The van der Waals surface area contributed by atoms with Gasteiger partial charge in [0.15, 0.2) is 6.34 Å². The van der Waals surface area contributed by atoms with Crippen LogP contribution in [0.1, 0.15) is 5.82 Å². The van der Waals surface area contributed by atoms with Gasteiger partial charge in [0.25, 0.3) is 0 Å². The molecule has 0 aliphatic carbocycles. The summed E-state index contributed by atoms with van der Waals surface area (Å²) in [5.74, 6) is 1.06. The zero-order valence-electron chi connectivity index (χ0n) is 6.44. The Labute approximate surface area is 59.8 Å². The number of hydrogen-bond acceptors (Lipinski definition) is 2. The molecule has 0 aliphatic heterocycles. The quantitative estimate of drug-likeness (QED) is 0.294. The molecule has 0 amide bonds. The van der Waals surface area contributed by atoms with E-state index in [2.05, 4.69) is 10.1 Å². The molecular weight excluding hydrogens is 128 g/mol. The van der Waals surface area contributed by atoms with E-state index >= 15 is 0 Å². The van der Waals surface area contributed by atoms with Crippen molar-refractivity contribution in [2.75, 3.05) is 7.05 Å². The fourth-order valence-corrected chi connectivity index (χ4v) is 0.705. The van der Waals surface area contributed by atoms with Crippen LogP contribution in [-0.2, 0) is 7.05 Å². The number of hydrogen-bond donors (Lipinski definition) is 0. The Kier molecular flexibility index (Phi) is 1.80. The van der Waals surface area contributed by atoms with Crippen LogP contribution in [0.15, 0.2) is 11.3 Å². The molecule has 0 radical (unpaired) electrons. The van der Waals surface area contributed by atoms with Crippen molar-refractivity contribution >= 4 is 6.34 Å². The topological polar surface area (TPSA) is 34.1 Å². The molecule has 10 heavy (non-hydrogen) atoms. The average Bonchev–Trinajstić information content (AvgIpc) is 2.20. The molecule has 1 aromatic rings. The summed E-state index contributed by atoms with van der Waals surface area (Å²) in [6.45, 7) is 1.98. The first kappa shape index (κ1) is 6.92. The molecule has 0 fully saturated rings. The van der Waals surface area contributed by atoms with Gasteiger partial charge in [-0.15, -0.1) is 0 Å². The first-order valence-corrected chi connectivity index (χ1v) is 3.07. The van der Waals surface area contributed by atoms with Gasteiger partial charge in [0.1, 0.15) is 0 Å². The Morgan fingerprint density at radius 3 is 2.90 bits per heavy atom. The lowest BCUT2D eigenvalue weighted by molar-refractivity contribution is -0.554. The van der Waals surface area contributed by atoms with Crippen molar-refractivity contribution in [3.63, 3.8) is 0 Å². The minimum atomic E-state index is 1.06. The Morgan fingerprint density at radius 1 is 1.80 bits per heavy atom. The van der Waals surface area contributed by atoms with Crippen LogP contribution in [0.5, 0.6) is 0 Å². The zero-order chi connectivity index (χ0) is 7.56. The van der Waals surface area contributed by atoms with Gasteiger partial charge in [-0.3, -0.25) is 0 Å². The van der Waals surface area contributed by atoms with Crippen molar-refractivity contribution < 1.29 is 4.57 Å². The van der Waals surface area contributed by atoms with E-state index in [1.54, 1.807) is 24.4 Å². The summed E-state index contributed by atoms with van der Waals surface area (Å²) in [5, 5.41) is 4.02. The second-order valence-corrected chi connectivity index (χ2v) is 2.08. The number of aryl methyl sites for hydroxylation is 1. The van der Waals surface area contributed by atoms with E-state index < -0.39 is 0 Å². The van der Waals surface area contributed by atoms with Crippen LogP contribution in [0.3, 0.4) is 0 Å². The molecule has 1 aromatic heterocycles. The second-order valence-electron chi connectivity index (χ2n) is 2.08. The molecule has 1 heterocycles. The zero-order valence-corrected chi connectivity index (χ0v) is 6.44. The van der Waals surface area contributed by atoms with E-state index in [9.17, 15) is 0 Å². The third-order valence-corrected chi connectivity index (χ3v) is 1.43. The highest BCUT2D eigenvalue weighted by Gasteiger charge is 2.03. The van der Waals surface area contributed by atoms with Crippen LogP contribution in [0.2, 0.25) is 0 Å². The summed E-state index contributed by atoms with van der Waals surface area (Å²) < 4.78 is 3.65. The number of aromatic nitrogens is 3. The SMILES string of the molecule is CN=C[n+]1cnn(C)c1C. The van der Waals surface area contributed by atoms with Gasteiger partial charge in [-0.1, -0.05) is 0 Å². The molecule has 0 saturated heterocycles. The summed E-state index contributed by atoms with van der Waals surface area (Å²) in [5.41, 5.74) is 0. The summed E-state index contributed by atoms with van der Waals surface area (Å²) in [6, 6.07) is 0. The van der Waals surface area contributed by atoms with Gasteiger partial charge in [-0.05, 0) is 5.10 Å². The van der Waals surface area contributed by atoms with Gasteiger partial charge < -0.3 is 0 Å². The van der Waals surface area contributed by atoms with E-state index in [4.69, 9.17) is 0 Å². The molecule has 54 valence electrons. The maximum absolute atomic E-state index is 4.02. The average molecular weight is 139 g/mol. The van der Waals surface area contributed by atoms with Crippen LogP contribution < -0.4 is 4.57 Å². The van der Waals surface area contributed by atoms with Crippen molar-refractivity contribution in [2.24, 2.45) is 12.0 Å². The lowest BCUT2D eigenvalue weighted by atomic mass is 10.7. The van der Waals surface area contributed by atoms with Gasteiger partial charge in [0, 0.05) is 6.92 Å². The molecule has 0 saturated carbocycles. The molecule has 0 atom stereocenters. The molecular formula is C6H11N4+. The van der Waals surface area contributed by atoms with Crippen LogP contribution in [0.4, 0.5) is 0 Å². The Morgan fingerprint density at radius 2 is 2.50 bits per heavy atom.